The normalized spacial score (nSPS) is 11.0. The molecule has 0 saturated heterocycles. The number of hydrogen-bond acceptors (Lipinski definition) is 3. The number of nitrogens with zero attached hydrogens (tertiary/aromatic N) is 2. The van der Waals surface area contributed by atoms with Gasteiger partial charge in [0.1, 0.15) is 5.15 Å². The average Bonchev–Trinajstić information content (AvgIpc) is 2.45. The molecule has 1 N–H and O–H groups in total. The molecule has 0 unspecified atom stereocenters. The van der Waals surface area contributed by atoms with Crippen LogP contribution in [0.25, 0.3) is 10.9 Å². The Bertz CT molecular complexity index is 615. The summed E-state index contributed by atoms with van der Waals surface area (Å²) in [6, 6.07) is 9.11. The molecule has 0 saturated carbocycles. The van der Waals surface area contributed by atoms with Gasteiger partial charge in [-0.2, -0.15) is 0 Å². The maximum Gasteiger partial charge on any atom is 0.252 e. The highest BCUT2D eigenvalue weighted by molar-refractivity contribution is 6.30. The van der Waals surface area contributed by atoms with Crippen LogP contribution in [0, 0.1) is 0 Å². The van der Waals surface area contributed by atoms with Crippen molar-refractivity contribution in [3.63, 3.8) is 0 Å². The number of halogens is 1. The fourth-order valence-corrected chi connectivity index (χ4v) is 2.14. The molecule has 2 rings (SSSR count). The summed E-state index contributed by atoms with van der Waals surface area (Å²) in [7, 11) is 2.02. The number of benzene rings is 1. The Balaban J connectivity index is 2.17. The van der Waals surface area contributed by atoms with Gasteiger partial charge in [0.05, 0.1) is 11.1 Å². The Morgan fingerprint density at radius 2 is 2.15 bits per heavy atom. The average molecular weight is 292 g/mol. The number of para-hydroxylation sites is 1. The van der Waals surface area contributed by atoms with Crippen LogP contribution < -0.4 is 5.32 Å². The maximum absolute atomic E-state index is 12.3. The molecule has 0 bridgehead atoms. The van der Waals surface area contributed by atoms with Crippen LogP contribution in [0.15, 0.2) is 30.3 Å². The second kappa shape index (κ2) is 6.68. The molecule has 106 valence electrons. The van der Waals surface area contributed by atoms with Crippen LogP contribution in [0.3, 0.4) is 0 Å². The molecule has 0 fully saturated rings. The third-order valence-corrected chi connectivity index (χ3v) is 3.44. The monoisotopic (exact) mass is 291 g/mol. The molecule has 5 heteroatoms. The molecular formula is C15H18ClN3O. The fraction of sp³-hybridized carbons (Fsp3) is 0.333. The van der Waals surface area contributed by atoms with Crippen molar-refractivity contribution in [3.05, 3.63) is 41.0 Å². The lowest BCUT2D eigenvalue weighted by molar-refractivity contribution is 0.0951. The van der Waals surface area contributed by atoms with Crippen LogP contribution >= 0.6 is 11.6 Å². The highest BCUT2D eigenvalue weighted by atomic mass is 35.5. The van der Waals surface area contributed by atoms with E-state index in [9.17, 15) is 4.79 Å². The first-order valence-corrected chi connectivity index (χ1v) is 7.01. The van der Waals surface area contributed by atoms with Gasteiger partial charge in [0.25, 0.3) is 5.91 Å². The van der Waals surface area contributed by atoms with Crippen LogP contribution in [0.1, 0.15) is 17.3 Å². The molecular weight excluding hydrogens is 274 g/mol. The number of carbonyl (C=O) groups is 1. The molecule has 0 atom stereocenters. The fourth-order valence-electron chi connectivity index (χ4n) is 1.94. The molecule has 1 amide bonds. The number of likely N-dealkylation sites (N-methyl/N-ethyl adjacent to an activating group) is 1. The highest BCUT2D eigenvalue weighted by Crippen LogP contribution is 2.20. The molecule has 0 radical (unpaired) electrons. The van der Waals surface area contributed by atoms with E-state index in [2.05, 4.69) is 22.1 Å². The second-order valence-corrected chi connectivity index (χ2v) is 5.05. The van der Waals surface area contributed by atoms with Crippen molar-refractivity contribution >= 4 is 28.4 Å². The van der Waals surface area contributed by atoms with Crippen LogP contribution in [-0.4, -0.2) is 42.5 Å². The zero-order chi connectivity index (χ0) is 14.5. The molecule has 1 aromatic heterocycles. The summed E-state index contributed by atoms with van der Waals surface area (Å²) in [6.07, 6.45) is 0. The van der Waals surface area contributed by atoms with Gasteiger partial charge in [-0.3, -0.25) is 4.79 Å². The Hall–Kier alpha value is -1.65. The molecule has 1 aromatic carbocycles. The molecule has 0 aliphatic carbocycles. The third-order valence-electron chi connectivity index (χ3n) is 3.25. The lowest BCUT2D eigenvalue weighted by Crippen LogP contribution is -2.33. The van der Waals surface area contributed by atoms with Crippen LogP contribution in [-0.2, 0) is 0 Å². The van der Waals surface area contributed by atoms with E-state index in [1.807, 2.05) is 31.3 Å². The second-order valence-electron chi connectivity index (χ2n) is 4.66. The molecule has 0 spiro atoms. The van der Waals surface area contributed by atoms with Crippen molar-refractivity contribution in [3.8, 4) is 0 Å². The Labute approximate surface area is 123 Å². The summed E-state index contributed by atoms with van der Waals surface area (Å²) >= 11 is 5.98. The topological polar surface area (TPSA) is 45.2 Å². The van der Waals surface area contributed by atoms with E-state index in [1.54, 1.807) is 6.07 Å². The highest BCUT2D eigenvalue weighted by Gasteiger charge is 2.11. The standard InChI is InChI=1S/C15H18ClN3O/c1-3-19(2)9-8-17-15(20)12-10-14(16)18-13-7-5-4-6-11(12)13/h4-7,10H,3,8-9H2,1-2H3,(H,17,20). The number of amides is 1. The molecule has 0 aliphatic rings. The number of hydrogen-bond donors (Lipinski definition) is 1. The molecule has 2 aromatic rings. The van der Waals surface area contributed by atoms with Gasteiger partial charge in [-0.25, -0.2) is 4.98 Å². The Kier molecular flexibility index (Phi) is 4.93. The van der Waals surface area contributed by atoms with E-state index in [1.165, 1.54) is 0 Å². The minimum Gasteiger partial charge on any atom is -0.351 e. The van der Waals surface area contributed by atoms with Gasteiger partial charge in [-0.1, -0.05) is 36.7 Å². The van der Waals surface area contributed by atoms with Crippen molar-refractivity contribution < 1.29 is 4.79 Å². The maximum atomic E-state index is 12.3. The number of aromatic nitrogens is 1. The van der Waals surface area contributed by atoms with Crippen molar-refractivity contribution in [1.29, 1.82) is 0 Å². The van der Waals surface area contributed by atoms with Gasteiger partial charge in [0.2, 0.25) is 0 Å². The predicted octanol–water partition coefficient (Wildman–Crippen LogP) is 2.57. The van der Waals surface area contributed by atoms with Crippen LogP contribution in [0.2, 0.25) is 5.15 Å². The number of fused-ring (bicyclic) bond motifs is 1. The summed E-state index contributed by atoms with van der Waals surface area (Å²) < 4.78 is 0. The minimum absolute atomic E-state index is 0.116. The molecule has 20 heavy (non-hydrogen) atoms. The van der Waals surface area contributed by atoms with Gasteiger partial charge < -0.3 is 10.2 Å². The predicted molar refractivity (Wildman–Crippen MR) is 82.3 cm³/mol. The molecule has 0 aliphatic heterocycles. The summed E-state index contributed by atoms with van der Waals surface area (Å²) in [4.78, 5) is 18.6. The van der Waals surface area contributed by atoms with E-state index in [0.717, 1.165) is 24.0 Å². The van der Waals surface area contributed by atoms with Crippen molar-refractivity contribution in [1.82, 2.24) is 15.2 Å². The zero-order valence-corrected chi connectivity index (χ0v) is 12.4. The van der Waals surface area contributed by atoms with Gasteiger partial charge in [-0.05, 0) is 25.7 Å². The largest absolute Gasteiger partial charge is 0.351 e. The Morgan fingerprint density at radius 1 is 1.40 bits per heavy atom. The van der Waals surface area contributed by atoms with Gasteiger partial charge >= 0.3 is 0 Å². The number of rotatable bonds is 5. The number of carbonyl (C=O) groups excluding carboxylic acids is 1. The molecule has 1 heterocycles. The lowest BCUT2D eigenvalue weighted by atomic mass is 10.1. The SMILES string of the molecule is CCN(C)CCNC(=O)c1cc(Cl)nc2ccccc12. The minimum atomic E-state index is -0.116. The van der Waals surface area contributed by atoms with Crippen molar-refractivity contribution in [2.45, 2.75) is 6.92 Å². The van der Waals surface area contributed by atoms with Gasteiger partial charge in [0, 0.05) is 18.5 Å². The van der Waals surface area contributed by atoms with Gasteiger partial charge in [-0.15, -0.1) is 0 Å². The summed E-state index contributed by atoms with van der Waals surface area (Å²) in [5, 5.41) is 4.07. The van der Waals surface area contributed by atoms with Crippen LogP contribution in [0.5, 0.6) is 0 Å². The smallest absolute Gasteiger partial charge is 0.252 e. The number of nitrogens with one attached hydrogen (secondary N) is 1. The van der Waals surface area contributed by atoms with Gasteiger partial charge in [0.15, 0.2) is 0 Å². The first kappa shape index (κ1) is 14.8. The zero-order valence-electron chi connectivity index (χ0n) is 11.7. The van der Waals surface area contributed by atoms with E-state index in [4.69, 9.17) is 11.6 Å². The summed E-state index contributed by atoms with van der Waals surface area (Å²) in [6.45, 7) is 4.47. The number of pyridine rings is 1. The van der Waals surface area contributed by atoms with Crippen molar-refractivity contribution in [2.24, 2.45) is 0 Å². The quantitative estimate of drug-likeness (QED) is 0.861. The van der Waals surface area contributed by atoms with Crippen LogP contribution in [0.4, 0.5) is 0 Å². The lowest BCUT2D eigenvalue weighted by Gasteiger charge is -2.14. The van der Waals surface area contributed by atoms with E-state index < -0.39 is 0 Å². The first-order valence-electron chi connectivity index (χ1n) is 6.64. The van der Waals surface area contributed by atoms with E-state index in [-0.39, 0.29) is 5.91 Å². The summed E-state index contributed by atoms with van der Waals surface area (Å²) in [5.74, 6) is -0.116. The third kappa shape index (κ3) is 3.46. The van der Waals surface area contributed by atoms with Crippen molar-refractivity contribution in [2.75, 3.05) is 26.7 Å². The van der Waals surface area contributed by atoms with E-state index >= 15 is 0 Å². The molecule has 4 nitrogen and oxygen atoms in total. The van der Waals surface area contributed by atoms with E-state index in [0.29, 0.717) is 17.3 Å². The Morgan fingerprint density at radius 3 is 2.90 bits per heavy atom. The summed E-state index contributed by atoms with van der Waals surface area (Å²) in [5.41, 5.74) is 1.30. The first-order chi connectivity index (χ1) is 9.61.